The molecule has 0 bridgehead atoms. The van der Waals surface area contributed by atoms with E-state index >= 15 is 0 Å². The Morgan fingerprint density at radius 3 is 2.36 bits per heavy atom. The molecule has 25 heavy (non-hydrogen) atoms. The average molecular weight is 334 g/mol. The van der Waals surface area contributed by atoms with E-state index in [4.69, 9.17) is 9.47 Å². The Kier molecular flexibility index (Phi) is 3.78. The molecule has 4 aromatic rings. The first-order chi connectivity index (χ1) is 12.2. The molecule has 2 aromatic carbocycles. The Balaban J connectivity index is 1.86. The minimum Gasteiger partial charge on any atom is -0.497 e. The Morgan fingerprint density at radius 2 is 1.64 bits per heavy atom. The number of fused-ring (bicyclic) bond motifs is 3. The smallest absolute Gasteiger partial charge is 0.123 e. The molecular weight excluding hydrogens is 316 g/mol. The predicted molar refractivity (Wildman–Crippen MR) is 97.2 cm³/mol. The lowest BCUT2D eigenvalue weighted by molar-refractivity contribution is 0.217. The van der Waals surface area contributed by atoms with Crippen LogP contribution in [0.4, 0.5) is 0 Å². The fraction of sp³-hybridized carbons (Fsp3) is 0.150. The second-order valence-corrected chi connectivity index (χ2v) is 5.83. The van der Waals surface area contributed by atoms with Crippen molar-refractivity contribution < 1.29 is 14.6 Å². The van der Waals surface area contributed by atoms with Crippen molar-refractivity contribution >= 4 is 21.8 Å². The third kappa shape index (κ3) is 2.58. The lowest BCUT2D eigenvalue weighted by Gasteiger charge is -2.12. The number of ether oxygens (including phenoxy) is 2. The van der Waals surface area contributed by atoms with Gasteiger partial charge in [0.25, 0.3) is 0 Å². The van der Waals surface area contributed by atoms with Crippen LogP contribution >= 0.6 is 0 Å². The molecule has 5 heteroatoms. The monoisotopic (exact) mass is 334 g/mol. The first kappa shape index (κ1) is 15.5. The maximum Gasteiger partial charge on any atom is 0.123 e. The highest BCUT2D eigenvalue weighted by molar-refractivity contribution is 6.08. The number of rotatable bonds is 4. The maximum absolute atomic E-state index is 10.8. The number of hydrogen-bond donors (Lipinski definition) is 2. The summed E-state index contributed by atoms with van der Waals surface area (Å²) in [6.07, 6.45) is 0.890. The third-order valence-electron chi connectivity index (χ3n) is 4.45. The number of aromatic amines is 1. The van der Waals surface area contributed by atoms with Crippen molar-refractivity contribution in [1.82, 2.24) is 9.97 Å². The molecule has 126 valence electrons. The van der Waals surface area contributed by atoms with E-state index < -0.39 is 6.10 Å². The minimum absolute atomic E-state index is 0.595. The Labute approximate surface area is 144 Å². The van der Waals surface area contributed by atoms with Gasteiger partial charge in [-0.2, -0.15) is 0 Å². The van der Waals surface area contributed by atoms with E-state index in [2.05, 4.69) is 9.97 Å². The largest absolute Gasteiger partial charge is 0.497 e. The van der Waals surface area contributed by atoms with Gasteiger partial charge in [0.1, 0.15) is 17.6 Å². The molecule has 2 aromatic heterocycles. The van der Waals surface area contributed by atoms with Crippen LogP contribution in [0.2, 0.25) is 0 Å². The summed E-state index contributed by atoms with van der Waals surface area (Å²) >= 11 is 0. The van der Waals surface area contributed by atoms with Crippen LogP contribution in [-0.2, 0) is 0 Å². The van der Waals surface area contributed by atoms with Gasteiger partial charge in [-0.25, -0.2) is 0 Å². The topological polar surface area (TPSA) is 67.4 Å². The summed E-state index contributed by atoms with van der Waals surface area (Å²) in [5.74, 6) is 1.54. The number of aromatic nitrogens is 2. The number of pyridine rings is 1. The fourth-order valence-electron chi connectivity index (χ4n) is 3.10. The van der Waals surface area contributed by atoms with Crippen LogP contribution in [0.3, 0.4) is 0 Å². The van der Waals surface area contributed by atoms with Crippen LogP contribution in [0, 0.1) is 0 Å². The SMILES string of the molecule is COc1ccc(C(O)c2nccc3c2[nH]c2ccc(OC)cc23)cc1. The minimum atomic E-state index is -0.829. The number of nitrogens with one attached hydrogen (secondary N) is 1. The van der Waals surface area contributed by atoms with Gasteiger partial charge in [0.15, 0.2) is 0 Å². The van der Waals surface area contributed by atoms with Crippen molar-refractivity contribution in [3.63, 3.8) is 0 Å². The summed E-state index contributed by atoms with van der Waals surface area (Å²) in [7, 11) is 3.27. The predicted octanol–water partition coefficient (Wildman–Crippen LogP) is 3.82. The molecule has 2 N–H and O–H groups in total. The second-order valence-electron chi connectivity index (χ2n) is 5.83. The van der Waals surface area contributed by atoms with Gasteiger partial charge in [-0.1, -0.05) is 12.1 Å². The lowest BCUT2D eigenvalue weighted by Crippen LogP contribution is -2.03. The number of nitrogens with zero attached hydrogens (tertiary/aromatic N) is 1. The van der Waals surface area contributed by atoms with E-state index in [9.17, 15) is 5.11 Å². The summed E-state index contributed by atoms with van der Waals surface area (Å²) in [5, 5.41) is 12.9. The second kappa shape index (κ2) is 6.11. The van der Waals surface area contributed by atoms with Gasteiger partial charge in [-0.15, -0.1) is 0 Å². The Morgan fingerprint density at radius 1 is 0.920 bits per heavy atom. The highest BCUT2D eigenvalue weighted by atomic mass is 16.5. The molecule has 0 spiro atoms. The zero-order chi connectivity index (χ0) is 17.4. The quantitative estimate of drug-likeness (QED) is 0.595. The number of hydrogen-bond acceptors (Lipinski definition) is 4. The molecule has 5 nitrogen and oxygen atoms in total. The fourth-order valence-corrected chi connectivity index (χ4v) is 3.10. The van der Waals surface area contributed by atoms with E-state index in [1.165, 1.54) is 0 Å². The van der Waals surface area contributed by atoms with Crippen molar-refractivity contribution in [3.8, 4) is 11.5 Å². The van der Waals surface area contributed by atoms with Crippen LogP contribution in [0.25, 0.3) is 21.8 Å². The number of aliphatic hydroxyl groups excluding tert-OH is 1. The van der Waals surface area contributed by atoms with Crippen molar-refractivity contribution in [2.75, 3.05) is 14.2 Å². The molecule has 0 fully saturated rings. The molecule has 0 saturated carbocycles. The Hall–Kier alpha value is -3.05. The molecular formula is C20H18N2O3. The number of aliphatic hydroxyl groups is 1. The molecule has 0 aliphatic rings. The van der Waals surface area contributed by atoms with Gasteiger partial charge in [-0.3, -0.25) is 4.98 Å². The molecule has 2 heterocycles. The van der Waals surface area contributed by atoms with E-state index in [0.717, 1.165) is 38.9 Å². The van der Waals surface area contributed by atoms with Crippen molar-refractivity contribution in [2.45, 2.75) is 6.10 Å². The summed E-state index contributed by atoms with van der Waals surface area (Å²) in [4.78, 5) is 7.79. The van der Waals surface area contributed by atoms with Crippen molar-refractivity contribution in [2.24, 2.45) is 0 Å². The normalized spacial score (nSPS) is 12.4. The molecule has 1 atom stereocenters. The van der Waals surface area contributed by atoms with Gasteiger partial charge < -0.3 is 19.6 Å². The van der Waals surface area contributed by atoms with Crippen LogP contribution in [0.1, 0.15) is 17.4 Å². The van der Waals surface area contributed by atoms with Crippen LogP contribution in [0.5, 0.6) is 11.5 Å². The van der Waals surface area contributed by atoms with Crippen molar-refractivity contribution in [1.29, 1.82) is 0 Å². The maximum atomic E-state index is 10.8. The van der Waals surface area contributed by atoms with Crippen LogP contribution < -0.4 is 9.47 Å². The number of H-pyrrole nitrogens is 1. The lowest BCUT2D eigenvalue weighted by atomic mass is 10.0. The van der Waals surface area contributed by atoms with E-state index in [0.29, 0.717) is 5.69 Å². The van der Waals surface area contributed by atoms with Gasteiger partial charge in [-0.05, 0) is 42.0 Å². The van der Waals surface area contributed by atoms with Crippen molar-refractivity contribution in [3.05, 3.63) is 66.0 Å². The molecule has 0 aliphatic heterocycles. The summed E-state index contributed by atoms with van der Waals surface area (Å²) in [6, 6.07) is 15.1. The molecule has 0 radical (unpaired) electrons. The molecule has 0 aliphatic carbocycles. The molecule has 0 amide bonds. The summed E-state index contributed by atoms with van der Waals surface area (Å²) in [6.45, 7) is 0. The van der Waals surface area contributed by atoms with Gasteiger partial charge in [0, 0.05) is 22.5 Å². The third-order valence-corrected chi connectivity index (χ3v) is 4.45. The number of benzene rings is 2. The Bertz CT molecular complexity index is 1040. The number of methoxy groups -OCH3 is 2. The van der Waals surface area contributed by atoms with Crippen LogP contribution in [0.15, 0.2) is 54.7 Å². The summed E-state index contributed by atoms with van der Waals surface area (Å²) < 4.78 is 10.5. The molecule has 1 unspecified atom stereocenters. The summed E-state index contributed by atoms with van der Waals surface area (Å²) in [5.41, 5.74) is 3.16. The van der Waals surface area contributed by atoms with Gasteiger partial charge >= 0.3 is 0 Å². The van der Waals surface area contributed by atoms with Gasteiger partial charge in [0.2, 0.25) is 0 Å². The van der Waals surface area contributed by atoms with E-state index in [1.54, 1.807) is 20.4 Å². The zero-order valence-corrected chi connectivity index (χ0v) is 14.0. The van der Waals surface area contributed by atoms with Gasteiger partial charge in [0.05, 0.1) is 25.4 Å². The molecule has 4 rings (SSSR count). The first-order valence-corrected chi connectivity index (χ1v) is 7.97. The highest BCUT2D eigenvalue weighted by Crippen LogP contribution is 2.33. The highest BCUT2D eigenvalue weighted by Gasteiger charge is 2.18. The molecule has 0 saturated heterocycles. The van der Waals surface area contributed by atoms with E-state index in [-0.39, 0.29) is 0 Å². The zero-order valence-electron chi connectivity index (χ0n) is 14.0. The first-order valence-electron chi connectivity index (χ1n) is 7.97. The average Bonchev–Trinajstić information content (AvgIpc) is 3.05. The standard InChI is InChI=1S/C20H18N2O3/c1-24-13-5-3-12(4-6-13)20(23)19-18-15(9-10-21-19)16-11-14(25-2)7-8-17(16)22-18/h3-11,20,22-23H,1-2H3. The van der Waals surface area contributed by atoms with E-state index in [1.807, 2.05) is 48.5 Å². The van der Waals surface area contributed by atoms with Crippen LogP contribution in [-0.4, -0.2) is 29.3 Å².